The van der Waals surface area contributed by atoms with Crippen LogP contribution in [0.3, 0.4) is 0 Å². The Bertz CT molecular complexity index is 649. The summed E-state index contributed by atoms with van der Waals surface area (Å²) in [4.78, 5) is 11.8. The highest BCUT2D eigenvalue weighted by Gasteiger charge is 2.06. The molecule has 0 saturated carbocycles. The van der Waals surface area contributed by atoms with Gasteiger partial charge in [0, 0.05) is 16.2 Å². The van der Waals surface area contributed by atoms with E-state index in [-0.39, 0.29) is 18.1 Å². The van der Waals surface area contributed by atoms with Gasteiger partial charge in [-0.05, 0) is 30.3 Å². The lowest BCUT2D eigenvalue weighted by atomic mass is 10.3. The maximum absolute atomic E-state index is 13.6. The number of methoxy groups -OCH3 is 1. The van der Waals surface area contributed by atoms with Gasteiger partial charge in [-0.25, -0.2) is 4.39 Å². The van der Waals surface area contributed by atoms with E-state index >= 15 is 0 Å². The minimum absolute atomic E-state index is 0.0320. The highest BCUT2D eigenvalue weighted by molar-refractivity contribution is 9.10. The lowest BCUT2D eigenvalue weighted by Crippen LogP contribution is -2.22. The Balaban J connectivity index is 1.92. The normalized spacial score (nSPS) is 10.0. The van der Waals surface area contributed by atoms with Crippen LogP contribution in [0, 0.1) is 5.82 Å². The van der Waals surface area contributed by atoms with Gasteiger partial charge in [0.2, 0.25) is 5.91 Å². The molecule has 0 radical (unpaired) electrons. The zero-order valence-corrected chi connectivity index (χ0v) is 12.9. The van der Waals surface area contributed by atoms with Crippen molar-refractivity contribution in [2.45, 2.75) is 0 Å². The highest BCUT2D eigenvalue weighted by Crippen LogP contribution is 2.19. The molecule has 21 heavy (non-hydrogen) atoms. The average Bonchev–Trinajstić information content (AvgIpc) is 2.46. The first-order chi connectivity index (χ1) is 10.1. The molecule has 0 aliphatic carbocycles. The van der Waals surface area contributed by atoms with Crippen molar-refractivity contribution in [1.29, 1.82) is 0 Å². The van der Waals surface area contributed by atoms with Crippen LogP contribution in [0.4, 0.5) is 15.8 Å². The third-order valence-electron chi connectivity index (χ3n) is 2.72. The molecule has 2 aromatic rings. The van der Waals surface area contributed by atoms with Crippen molar-refractivity contribution in [2.75, 3.05) is 24.3 Å². The minimum atomic E-state index is -0.418. The molecule has 0 spiro atoms. The number of hydrogen-bond acceptors (Lipinski definition) is 3. The van der Waals surface area contributed by atoms with Crippen LogP contribution in [0.2, 0.25) is 0 Å². The number of rotatable bonds is 5. The molecule has 0 fully saturated rings. The quantitative estimate of drug-likeness (QED) is 0.863. The largest absolute Gasteiger partial charge is 0.497 e. The number of amides is 1. The van der Waals surface area contributed by atoms with Gasteiger partial charge < -0.3 is 15.4 Å². The molecular weight excluding hydrogens is 339 g/mol. The van der Waals surface area contributed by atoms with Crippen molar-refractivity contribution >= 4 is 33.2 Å². The molecule has 6 heteroatoms. The molecule has 0 saturated heterocycles. The summed E-state index contributed by atoms with van der Waals surface area (Å²) in [5.74, 6) is -0.0381. The number of ether oxygens (including phenoxy) is 1. The maximum atomic E-state index is 13.6. The summed E-state index contributed by atoms with van der Waals surface area (Å²) >= 11 is 3.18. The smallest absolute Gasteiger partial charge is 0.243 e. The fourth-order valence-electron chi connectivity index (χ4n) is 1.71. The molecule has 2 N–H and O–H groups in total. The zero-order chi connectivity index (χ0) is 15.2. The fourth-order valence-corrected chi connectivity index (χ4v) is 2.05. The molecule has 0 unspecified atom stereocenters. The standard InChI is InChI=1S/C15H14BrFN2O2/c1-21-12-4-2-3-11(8-12)19-15(20)9-18-14-6-5-10(16)7-13(14)17/h2-8,18H,9H2,1H3,(H,19,20). The van der Waals surface area contributed by atoms with Gasteiger partial charge in [-0.15, -0.1) is 0 Å². The molecule has 0 aliphatic heterocycles. The third kappa shape index (κ3) is 4.46. The average molecular weight is 353 g/mol. The van der Waals surface area contributed by atoms with Crippen LogP contribution in [0.1, 0.15) is 0 Å². The van der Waals surface area contributed by atoms with Crippen LogP contribution in [0.5, 0.6) is 5.75 Å². The van der Waals surface area contributed by atoms with Crippen molar-refractivity contribution in [3.8, 4) is 5.75 Å². The van der Waals surface area contributed by atoms with Gasteiger partial charge >= 0.3 is 0 Å². The lowest BCUT2D eigenvalue weighted by Gasteiger charge is -2.09. The Kier molecular flexibility index (Phi) is 5.16. The third-order valence-corrected chi connectivity index (χ3v) is 3.22. The van der Waals surface area contributed by atoms with Gasteiger partial charge in [0.25, 0.3) is 0 Å². The molecular formula is C15H14BrFN2O2. The van der Waals surface area contributed by atoms with Crippen LogP contribution in [0.25, 0.3) is 0 Å². The van der Waals surface area contributed by atoms with Crippen molar-refractivity contribution in [3.05, 3.63) is 52.8 Å². The molecule has 1 amide bonds. The van der Waals surface area contributed by atoms with Gasteiger partial charge in [0.15, 0.2) is 0 Å². The number of carbonyl (C=O) groups excluding carboxylic acids is 1. The summed E-state index contributed by atoms with van der Waals surface area (Å²) in [6.45, 7) is -0.0320. The fraction of sp³-hybridized carbons (Fsp3) is 0.133. The SMILES string of the molecule is COc1cccc(NC(=O)CNc2ccc(Br)cc2F)c1. The van der Waals surface area contributed by atoms with Crippen molar-refractivity contribution in [2.24, 2.45) is 0 Å². The predicted molar refractivity (Wildman–Crippen MR) is 84.2 cm³/mol. The molecule has 0 bridgehead atoms. The number of carbonyl (C=O) groups is 1. The number of hydrogen-bond donors (Lipinski definition) is 2. The summed E-state index contributed by atoms with van der Waals surface area (Å²) in [6.07, 6.45) is 0. The molecule has 4 nitrogen and oxygen atoms in total. The van der Waals surface area contributed by atoms with Crippen LogP contribution in [-0.2, 0) is 4.79 Å². The summed E-state index contributed by atoms with van der Waals surface area (Å²) in [7, 11) is 1.55. The highest BCUT2D eigenvalue weighted by atomic mass is 79.9. The van der Waals surface area contributed by atoms with Crippen LogP contribution in [-0.4, -0.2) is 19.6 Å². The van der Waals surface area contributed by atoms with Gasteiger partial charge in [0.05, 0.1) is 19.3 Å². The van der Waals surface area contributed by atoms with Crippen molar-refractivity contribution in [1.82, 2.24) is 0 Å². The Morgan fingerprint density at radius 3 is 2.81 bits per heavy atom. The maximum Gasteiger partial charge on any atom is 0.243 e. The second kappa shape index (κ2) is 7.08. The number of halogens is 2. The van der Waals surface area contributed by atoms with E-state index in [0.29, 0.717) is 15.9 Å². The molecule has 110 valence electrons. The van der Waals surface area contributed by atoms with E-state index in [4.69, 9.17) is 4.74 Å². The van der Waals surface area contributed by atoms with E-state index in [2.05, 4.69) is 26.6 Å². The van der Waals surface area contributed by atoms with E-state index in [1.807, 2.05) is 0 Å². The van der Waals surface area contributed by atoms with Crippen LogP contribution < -0.4 is 15.4 Å². The van der Waals surface area contributed by atoms with Crippen LogP contribution in [0.15, 0.2) is 46.9 Å². The molecule has 2 aromatic carbocycles. The first-order valence-corrected chi connectivity index (χ1v) is 7.00. The van der Waals surface area contributed by atoms with Gasteiger partial charge in [-0.2, -0.15) is 0 Å². The Morgan fingerprint density at radius 1 is 1.29 bits per heavy atom. The molecule has 0 aromatic heterocycles. The van der Waals surface area contributed by atoms with E-state index in [1.54, 1.807) is 43.5 Å². The first-order valence-electron chi connectivity index (χ1n) is 6.21. The Hall–Kier alpha value is -2.08. The summed E-state index contributed by atoms with van der Waals surface area (Å²) in [6, 6.07) is 11.6. The monoisotopic (exact) mass is 352 g/mol. The van der Waals surface area contributed by atoms with Crippen LogP contribution >= 0.6 is 15.9 Å². The summed E-state index contributed by atoms with van der Waals surface area (Å²) in [5.41, 5.74) is 0.899. The van der Waals surface area contributed by atoms with E-state index < -0.39 is 5.82 Å². The zero-order valence-electron chi connectivity index (χ0n) is 11.3. The van der Waals surface area contributed by atoms with E-state index in [9.17, 15) is 9.18 Å². The Labute approximate surface area is 130 Å². The topological polar surface area (TPSA) is 50.4 Å². The van der Waals surface area contributed by atoms with Crippen molar-refractivity contribution < 1.29 is 13.9 Å². The minimum Gasteiger partial charge on any atom is -0.497 e. The lowest BCUT2D eigenvalue weighted by molar-refractivity contribution is -0.114. The number of nitrogens with one attached hydrogen (secondary N) is 2. The van der Waals surface area contributed by atoms with E-state index in [0.717, 1.165) is 0 Å². The first kappa shape index (κ1) is 15.3. The number of benzene rings is 2. The summed E-state index contributed by atoms with van der Waals surface area (Å²) in [5, 5.41) is 5.45. The molecule has 0 aliphatic rings. The molecule has 2 rings (SSSR count). The summed E-state index contributed by atoms with van der Waals surface area (Å²) < 4.78 is 19.3. The Morgan fingerprint density at radius 2 is 2.10 bits per heavy atom. The van der Waals surface area contributed by atoms with E-state index in [1.165, 1.54) is 6.07 Å². The molecule has 0 atom stereocenters. The van der Waals surface area contributed by atoms with Crippen molar-refractivity contribution in [3.63, 3.8) is 0 Å². The predicted octanol–water partition coefficient (Wildman–Crippen LogP) is 3.65. The van der Waals surface area contributed by atoms with Gasteiger partial charge in [-0.3, -0.25) is 4.79 Å². The molecule has 0 heterocycles. The number of anilines is 2. The van der Waals surface area contributed by atoms with Gasteiger partial charge in [0.1, 0.15) is 11.6 Å². The van der Waals surface area contributed by atoms with Gasteiger partial charge in [-0.1, -0.05) is 22.0 Å². The second-order valence-corrected chi connectivity index (χ2v) is 5.17. The second-order valence-electron chi connectivity index (χ2n) is 4.26.